The molecular weight excluding hydrogens is 306 g/mol. The average Bonchev–Trinajstić information content (AvgIpc) is 2.51. The number of aryl methyl sites for hydroxylation is 1. The van der Waals surface area contributed by atoms with Crippen molar-refractivity contribution in [1.82, 2.24) is 0 Å². The summed E-state index contributed by atoms with van der Waals surface area (Å²) < 4.78 is 11.4. The summed E-state index contributed by atoms with van der Waals surface area (Å²) in [6.45, 7) is 7.44. The fourth-order valence-electron chi connectivity index (χ4n) is 2.44. The molecule has 0 spiro atoms. The molecule has 0 amide bonds. The topological polar surface area (TPSA) is 44.5 Å². The zero-order valence-corrected chi connectivity index (χ0v) is 14.7. The summed E-state index contributed by atoms with van der Waals surface area (Å²) in [5, 5.41) is 0. The lowest BCUT2D eigenvalue weighted by Gasteiger charge is -2.13. The molecular formula is C19H23NO2S. The minimum Gasteiger partial charge on any atom is -0.490 e. The van der Waals surface area contributed by atoms with E-state index in [2.05, 4.69) is 32.9 Å². The number of ether oxygens (including phenoxy) is 2. The fraction of sp³-hybridized carbons (Fsp3) is 0.316. The van der Waals surface area contributed by atoms with E-state index in [1.54, 1.807) is 0 Å². The summed E-state index contributed by atoms with van der Waals surface area (Å²) in [4.78, 5) is 0.368. The molecule has 2 N–H and O–H groups in total. The molecule has 0 fully saturated rings. The van der Waals surface area contributed by atoms with E-state index in [4.69, 9.17) is 27.4 Å². The number of thiocarbonyl (C=S) groups is 1. The standard InChI is InChI=1S/C19H23NO2S/c1-13(2)18-8-7-17(11-14(18)3)22-10-9-21-16-6-4-5-15(12-16)19(20)23/h4-8,11-13H,9-10H2,1-3H3,(H2,20,23). The molecule has 0 unspecified atom stereocenters. The monoisotopic (exact) mass is 329 g/mol. The van der Waals surface area contributed by atoms with Crippen LogP contribution in [0.5, 0.6) is 11.5 Å². The van der Waals surface area contributed by atoms with Gasteiger partial charge in [0.05, 0.1) is 0 Å². The Morgan fingerprint density at radius 2 is 1.70 bits per heavy atom. The van der Waals surface area contributed by atoms with Crippen molar-refractivity contribution >= 4 is 17.2 Å². The molecule has 2 aromatic carbocycles. The van der Waals surface area contributed by atoms with Crippen LogP contribution in [-0.4, -0.2) is 18.2 Å². The number of hydrogen-bond donors (Lipinski definition) is 1. The molecule has 122 valence electrons. The van der Waals surface area contributed by atoms with Crippen LogP contribution in [-0.2, 0) is 0 Å². The summed E-state index contributed by atoms with van der Waals surface area (Å²) in [6, 6.07) is 13.7. The Bertz CT molecular complexity index is 683. The molecule has 0 aromatic heterocycles. The Hall–Kier alpha value is -2.07. The molecule has 0 atom stereocenters. The Kier molecular flexibility index (Phi) is 5.99. The van der Waals surface area contributed by atoms with Crippen LogP contribution in [0.2, 0.25) is 0 Å². The summed E-state index contributed by atoms with van der Waals surface area (Å²) >= 11 is 4.96. The summed E-state index contributed by atoms with van der Waals surface area (Å²) in [7, 11) is 0. The number of nitrogens with two attached hydrogens (primary N) is 1. The highest BCUT2D eigenvalue weighted by atomic mass is 32.1. The molecule has 0 bridgehead atoms. The first-order valence-corrected chi connectivity index (χ1v) is 8.14. The van der Waals surface area contributed by atoms with Crippen LogP contribution >= 0.6 is 12.2 Å². The molecule has 0 radical (unpaired) electrons. The molecule has 0 saturated heterocycles. The zero-order valence-electron chi connectivity index (χ0n) is 13.8. The SMILES string of the molecule is Cc1cc(OCCOc2cccc(C(N)=S)c2)ccc1C(C)C. The third kappa shape index (κ3) is 4.96. The van der Waals surface area contributed by atoms with E-state index in [-0.39, 0.29) is 0 Å². The van der Waals surface area contributed by atoms with Crippen LogP contribution in [0.25, 0.3) is 0 Å². The number of hydrogen-bond acceptors (Lipinski definition) is 3. The van der Waals surface area contributed by atoms with E-state index in [0.717, 1.165) is 17.1 Å². The van der Waals surface area contributed by atoms with Crippen molar-refractivity contribution in [1.29, 1.82) is 0 Å². The third-order valence-electron chi connectivity index (χ3n) is 3.60. The molecule has 2 aromatic rings. The predicted octanol–water partition coefficient (Wildman–Crippen LogP) is 4.21. The van der Waals surface area contributed by atoms with E-state index in [9.17, 15) is 0 Å². The van der Waals surface area contributed by atoms with E-state index in [1.807, 2.05) is 30.3 Å². The largest absolute Gasteiger partial charge is 0.490 e. The van der Waals surface area contributed by atoms with Crippen molar-refractivity contribution in [3.05, 3.63) is 59.2 Å². The maximum absolute atomic E-state index is 5.75. The van der Waals surface area contributed by atoms with Crippen LogP contribution < -0.4 is 15.2 Å². The Morgan fingerprint density at radius 3 is 2.26 bits per heavy atom. The van der Waals surface area contributed by atoms with Gasteiger partial charge in [0.25, 0.3) is 0 Å². The first-order chi connectivity index (χ1) is 11.0. The van der Waals surface area contributed by atoms with E-state index < -0.39 is 0 Å². The lowest BCUT2D eigenvalue weighted by Crippen LogP contribution is -2.11. The molecule has 0 aliphatic rings. The van der Waals surface area contributed by atoms with Crippen LogP contribution in [0.15, 0.2) is 42.5 Å². The fourth-order valence-corrected chi connectivity index (χ4v) is 2.57. The Balaban J connectivity index is 1.85. The van der Waals surface area contributed by atoms with Crippen LogP contribution in [0.4, 0.5) is 0 Å². The lowest BCUT2D eigenvalue weighted by atomic mass is 9.98. The Labute approximate surface area is 143 Å². The number of rotatable bonds is 7. The minimum absolute atomic E-state index is 0.368. The highest BCUT2D eigenvalue weighted by Crippen LogP contribution is 2.23. The number of benzene rings is 2. The highest BCUT2D eigenvalue weighted by molar-refractivity contribution is 7.80. The zero-order chi connectivity index (χ0) is 16.8. The van der Waals surface area contributed by atoms with Crippen molar-refractivity contribution in [2.75, 3.05) is 13.2 Å². The molecule has 0 saturated carbocycles. The van der Waals surface area contributed by atoms with Gasteiger partial charge in [-0.05, 0) is 48.2 Å². The minimum atomic E-state index is 0.368. The molecule has 0 heterocycles. The second-order valence-electron chi connectivity index (χ2n) is 5.76. The molecule has 0 aliphatic carbocycles. The van der Waals surface area contributed by atoms with Gasteiger partial charge in [0.1, 0.15) is 29.7 Å². The van der Waals surface area contributed by atoms with Crippen molar-refractivity contribution < 1.29 is 9.47 Å². The van der Waals surface area contributed by atoms with Gasteiger partial charge in [-0.2, -0.15) is 0 Å². The van der Waals surface area contributed by atoms with Crippen molar-refractivity contribution in [3.63, 3.8) is 0 Å². The predicted molar refractivity (Wildman–Crippen MR) is 98.6 cm³/mol. The molecule has 4 heteroatoms. The molecule has 3 nitrogen and oxygen atoms in total. The van der Waals surface area contributed by atoms with Gasteiger partial charge < -0.3 is 15.2 Å². The van der Waals surface area contributed by atoms with Gasteiger partial charge in [0.15, 0.2) is 0 Å². The maximum Gasteiger partial charge on any atom is 0.122 e. The van der Waals surface area contributed by atoms with E-state index in [1.165, 1.54) is 11.1 Å². The smallest absolute Gasteiger partial charge is 0.122 e. The van der Waals surface area contributed by atoms with Crippen molar-refractivity contribution in [2.45, 2.75) is 26.7 Å². The molecule has 2 rings (SSSR count). The van der Waals surface area contributed by atoms with Gasteiger partial charge in [0, 0.05) is 5.56 Å². The van der Waals surface area contributed by atoms with Gasteiger partial charge in [-0.15, -0.1) is 0 Å². The second-order valence-corrected chi connectivity index (χ2v) is 6.20. The average molecular weight is 329 g/mol. The van der Waals surface area contributed by atoms with Crippen LogP contribution in [0.1, 0.15) is 36.5 Å². The lowest BCUT2D eigenvalue weighted by molar-refractivity contribution is 0.217. The van der Waals surface area contributed by atoms with Gasteiger partial charge in [-0.25, -0.2) is 0 Å². The third-order valence-corrected chi connectivity index (χ3v) is 3.84. The first kappa shape index (κ1) is 17.3. The summed E-state index contributed by atoms with van der Waals surface area (Å²) in [5.74, 6) is 2.13. The summed E-state index contributed by atoms with van der Waals surface area (Å²) in [5.41, 5.74) is 9.02. The molecule has 23 heavy (non-hydrogen) atoms. The maximum atomic E-state index is 5.75. The molecule has 0 aliphatic heterocycles. The second kappa shape index (κ2) is 7.97. The first-order valence-electron chi connectivity index (χ1n) is 7.73. The van der Waals surface area contributed by atoms with Gasteiger partial charge >= 0.3 is 0 Å². The van der Waals surface area contributed by atoms with E-state index in [0.29, 0.717) is 24.1 Å². The van der Waals surface area contributed by atoms with Gasteiger partial charge in [0.2, 0.25) is 0 Å². The summed E-state index contributed by atoms with van der Waals surface area (Å²) in [6.07, 6.45) is 0. The van der Waals surface area contributed by atoms with Crippen molar-refractivity contribution in [2.24, 2.45) is 5.73 Å². The quantitative estimate of drug-likeness (QED) is 0.610. The Morgan fingerprint density at radius 1 is 1.04 bits per heavy atom. The van der Waals surface area contributed by atoms with Gasteiger partial charge in [-0.1, -0.05) is 44.3 Å². The van der Waals surface area contributed by atoms with Crippen LogP contribution in [0, 0.1) is 6.92 Å². The normalized spacial score (nSPS) is 10.6. The van der Waals surface area contributed by atoms with Crippen molar-refractivity contribution in [3.8, 4) is 11.5 Å². The highest BCUT2D eigenvalue weighted by Gasteiger charge is 2.05. The van der Waals surface area contributed by atoms with Gasteiger partial charge in [-0.3, -0.25) is 0 Å². The van der Waals surface area contributed by atoms with Crippen LogP contribution in [0.3, 0.4) is 0 Å². The van der Waals surface area contributed by atoms with E-state index >= 15 is 0 Å².